The van der Waals surface area contributed by atoms with Crippen LogP contribution in [0.15, 0.2) is 47.4 Å². The highest BCUT2D eigenvalue weighted by Crippen LogP contribution is 2.43. The molecule has 0 fully saturated rings. The van der Waals surface area contributed by atoms with Gasteiger partial charge < -0.3 is 9.84 Å². The fourth-order valence-electron chi connectivity index (χ4n) is 2.76. The molecule has 8 heteroatoms. The molecule has 27 heavy (non-hydrogen) atoms. The third kappa shape index (κ3) is 3.71. The van der Waals surface area contributed by atoms with Crippen LogP contribution in [0.4, 0.5) is 5.69 Å². The molecule has 0 spiro atoms. The summed E-state index contributed by atoms with van der Waals surface area (Å²) >= 11 is 13.4. The second-order valence-electron chi connectivity index (χ2n) is 5.52. The number of para-hydroxylation sites is 1. The standard InChI is InChI=1S/C19H15Cl2NO4S/c1-26-15-5-3-2-4-12(15)16-17(27-9-8-23)19(25)22(18(16)24)14-10-11(20)6-7-13(14)21/h2-7,10,23H,8-9H2,1H3. The van der Waals surface area contributed by atoms with Gasteiger partial charge in [-0.05, 0) is 24.3 Å². The lowest BCUT2D eigenvalue weighted by Crippen LogP contribution is -2.31. The second kappa shape index (κ2) is 8.35. The SMILES string of the molecule is COc1ccccc1C1=C(SCCO)C(=O)N(c2cc(Cl)ccc2Cl)C1=O. The van der Waals surface area contributed by atoms with Crippen molar-refractivity contribution in [1.82, 2.24) is 0 Å². The third-order valence-corrected chi connectivity index (χ3v) is 5.51. The topological polar surface area (TPSA) is 66.8 Å². The lowest BCUT2D eigenvalue weighted by atomic mass is 10.0. The number of carbonyl (C=O) groups excluding carboxylic acids is 2. The number of methoxy groups -OCH3 is 1. The van der Waals surface area contributed by atoms with Crippen LogP contribution in [0, 0.1) is 0 Å². The molecule has 0 atom stereocenters. The number of ether oxygens (including phenoxy) is 1. The van der Waals surface area contributed by atoms with Crippen LogP contribution < -0.4 is 9.64 Å². The lowest BCUT2D eigenvalue weighted by molar-refractivity contribution is -0.119. The first-order valence-corrected chi connectivity index (χ1v) is 9.69. The first-order valence-electron chi connectivity index (χ1n) is 7.94. The van der Waals surface area contributed by atoms with Crippen molar-refractivity contribution in [3.05, 3.63) is 63.0 Å². The summed E-state index contributed by atoms with van der Waals surface area (Å²) in [6.07, 6.45) is 0. The summed E-state index contributed by atoms with van der Waals surface area (Å²) in [4.78, 5) is 27.5. The first kappa shape index (κ1) is 19.8. The number of hydrogen-bond acceptors (Lipinski definition) is 5. The van der Waals surface area contributed by atoms with Gasteiger partial charge >= 0.3 is 0 Å². The second-order valence-corrected chi connectivity index (χ2v) is 7.47. The van der Waals surface area contributed by atoms with E-state index in [-0.39, 0.29) is 33.5 Å². The van der Waals surface area contributed by atoms with E-state index in [2.05, 4.69) is 0 Å². The van der Waals surface area contributed by atoms with Gasteiger partial charge in [0, 0.05) is 16.3 Å². The molecule has 0 radical (unpaired) electrons. The number of nitrogens with zero attached hydrogens (tertiary/aromatic N) is 1. The van der Waals surface area contributed by atoms with Crippen LogP contribution in [-0.4, -0.2) is 36.4 Å². The lowest BCUT2D eigenvalue weighted by Gasteiger charge is -2.17. The highest BCUT2D eigenvalue weighted by Gasteiger charge is 2.41. The fourth-order valence-corrected chi connectivity index (χ4v) is 3.98. The van der Waals surface area contributed by atoms with Gasteiger partial charge in [0.25, 0.3) is 11.8 Å². The van der Waals surface area contributed by atoms with Crippen molar-refractivity contribution < 1.29 is 19.4 Å². The van der Waals surface area contributed by atoms with Crippen molar-refractivity contribution in [3.63, 3.8) is 0 Å². The Labute approximate surface area is 170 Å². The van der Waals surface area contributed by atoms with Crippen LogP contribution in [0.25, 0.3) is 5.57 Å². The number of anilines is 1. The molecule has 3 rings (SSSR count). The van der Waals surface area contributed by atoms with Crippen molar-refractivity contribution in [1.29, 1.82) is 0 Å². The van der Waals surface area contributed by atoms with E-state index >= 15 is 0 Å². The quantitative estimate of drug-likeness (QED) is 0.710. The van der Waals surface area contributed by atoms with Gasteiger partial charge in [-0.25, -0.2) is 4.90 Å². The average Bonchev–Trinajstić information content (AvgIpc) is 2.91. The van der Waals surface area contributed by atoms with E-state index in [1.165, 1.54) is 19.2 Å². The monoisotopic (exact) mass is 423 g/mol. The molecular formula is C19H15Cl2NO4S. The Kier molecular flexibility index (Phi) is 6.11. The number of rotatable bonds is 6. The zero-order chi connectivity index (χ0) is 19.6. The smallest absolute Gasteiger partial charge is 0.272 e. The number of hydrogen-bond donors (Lipinski definition) is 1. The Hall–Kier alpha value is -1.99. The van der Waals surface area contributed by atoms with E-state index < -0.39 is 11.8 Å². The summed E-state index contributed by atoms with van der Waals surface area (Å²) in [7, 11) is 1.49. The van der Waals surface area contributed by atoms with Crippen molar-refractivity contribution in [2.75, 3.05) is 24.4 Å². The summed E-state index contributed by atoms with van der Waals surface area (Å²) in [5.74, 6) is -0.295. The predicted octanol–water partition coefficient (Wildman–Crippen LogP) is 4.01. The summed E-state index contributed by atoms with van der Waals surface area (Å²) in [5.41, 5.74) is 0.928. The Bertz CT molecular complexity index is 945. The maximum atomic E-state index is 13.2. The molecule has 1 aliphatic rings. The van der Waals surface area contributed by atoms with Crippen LogP contribution in [-0.2, 0) is 9.59 Å². The van der Waals surface area contributed by atoms with Gasteiger partial charge in [0.2, 0.25) is 0 Å². The number of thioether (sulfide) groups is 1. The number of benzene rings is 2. The largest absolute Gasteiger partial charge is 0.496 e. The van der Waals surface area contributed by atoms with Crippen LogP contribution >= 0.6 is 35.0 Å². The van der Waals surface area contributed by atoms with Crippen molar-refractivity contribution >= 4 is 58.0 Å². The maximum Gasteiger partial charge on any atom is 0.272 e. The van der Waals surface area contributed by atoms with Gasteiger partial charge in [-0.2, -0.15) is 0 Å². The van der Waals surface area contributed by atoms with Crippen LogP contribution in [0.5, 0.6) is 5.75 Å². The van der Waals surface area contributed by atoms with Gasteiger partial charge in [-0.3, -0.25) is 9.59 Å². The first-order chi connectivity index (χ1) is 13.0. The zero-order valence-electron chi connectivity index (χ0n) is 14.2. The number of aliphatic hydroxyl groups is 1. The third-order valence-electron chi connectivity index (χ3n) is 3.90. The highest BCUT2D eigenvalue weighted by molar-refractivity contribution is 8.04. The molecule has 1 heterocycles. The van der Waals surface area contributed by atoms with E-state index in [1.807, 2.05) is 0 Å². The predicted molar refractivity (Wildman–Crippen MR) is 108 cm³/mol. The van der Waals surface area contributed by atoms with Crippen LogP contribution in [0.2, 0.25) is 10.0 Å². The summed E-state index contributed by atoms with van der Waals surface area (Å²) < 4.78 is 5.36. The Balaban J connectivity index is 2.16. The number of halogens is 2. The molecule has 0 saturated carbocycles. The number of carbonyl (C=O) groups is 2. The van der Waals surface area contributed by atoms with Gasteiger partial charge in [0.1, 0.15) is 5.75 Å². The van der Waals surface area contributed by atoms with Crippen molar-refractivity contribution in [2.24, 2.45) is 0 Å². The number of amides is 2. The van der Waals surface area contributed by atoms with E-state index in [1.54, 1.807) is 30.3 Å². The average molecular weight is 424 g/mol. The molecule has 2 amide bonds. The van der Waals surface area contributed by atoms with Gasteiger partial charge in [0.15, 0.2) is 0 Å². The molecule has 140 valence electrons. The Morgan fingerprint density at radius 2 is 1.85 bits per heavy atom. The minimum absolute atomic E-state index is 0.132. The molecule has 1 N–H and O–H groups in total. The normalized spacial score (nSPS) is 14.3. The minimum Gasteiger partial charge on any atom is -0.496 e. The van der Waals surface area contributed by atoms with Gasteiger partial charge in [-0.15, -0.1) is 11.8 Å². The molecule has 1 aliphatic heterocycles. The van der Waals surface area contributed by atoms with E-state index in [0.29, 0.717) is 16.3 Å². The maximum absolute atomic E-state index is 13.2. The molecule has 0 saturated heterocycles. The van der Waals surface area contributed by atoms with Crippen LogP contribution in [0.3, 0.4) is 0 Å². The minimum atomic E-state index is -0.519. The molecule has 2 aromatic carbocycles. The van der Waals surface area contributed by atoms with Crippen LogP contribution in [0.1, 0.15) is 5.56 Å². The number of aliphatic hydroxyl groups excluding tert-OH is 1. The van der Waals surface area contributed by atoms with E-state index in [9.17, 15) is 14.7 Å². The van der Waals surface area contributed by atoms with E-state index in [4.69, 9.17) is 27.9 Å². The van der Waals surface area contributed by atoms with Gasteiger partial charge in [0.05, 0.1) is 34.9 Å². The number of imide groups is 1. The Morgan fingerprint density at radius 3 is 2.56 bits per heavy atom. The van der Waals surface area contributed by atoms with Crippen molar-refractivity contribution in [3.8, 4) is 5.75 Å². The molecular weight excluding hydrogens is 409 g/mol. The molecule has 0 aliphatic carbocycles. The summed E-state index contributed by atoms with van der Waals surface area (Å²) in [6.45, 7) is -0.132. The summed E-state index contributed by atoms with van der Waals surface area (Å²) in [5, 5.41) is 9.77. The van der Waals surface area contributed by atoms with E-state index in [0.717, 1.165) is 16.7 Å². The van der Waals surface area contributed by atoms with Crippen molar-refractivity contribution in [2.45, 2.75) is 0 Å². The fraction of sp³-hybridized carbons (Fsp3) is 0.158. The summed E-state index contributed by atoms with van der Waals surface area (Å²) in [6, 6.07) is 11.5. The molecule has 5 nitrogen and oxygen atoms in total. The van der Waals surface area contributed by atoms with Gasteiger partial charge in [-0.1, -0.05) is 41.4 Å². The molecule has 0 unspecified atom stereocenters. The molecule has 0 bridgehead atoms. The highest BCUT2D eigenvalue weighted by atomic mass is 35.5. The molecule has 2 aromatic rings. The zero-order valence-corrected chi connectivity index (χ0v) is 16.6. The Morgan fingerprint density at radius 1 is 1.11 bits per heavy atom. The molecule has 0 aromatic heterocycles.